The molecule has 0 N–H and O–H groups in total. The van der Waals surface area contributed by atoms with Crippen LogP contribution in [0.4, 0.5) is 4.79 Å². The van der Waals surface area contributed by atoms with Crippen molar-refractivity contribution in [1.29, 1.82) is 0 Å². The lowest BCUT2D eigenvalue weighted by Crippen LogP contribution is -2.26. The van der Waals surface area contributed by atoms with Gasteiger partial charge in [-0.05, 0) is 45.4 Å². The number of rotatable bonds is 2. The molecule has 0 spiro atoms. The van der Waals surface area contributed by atoms with Gasteiger partial charge in [0.05, 0.1) is 6.61 Å². The van der Waals surface area contributed by atoms with Gasteiger partial charge in [-0.1, -0.05) is 12.2 Å². The summed E-state index contributed by atoms with van der Waals surface area (Å²) in [5.41, 5.74) is -0.467. The van der Waals surface area contributed by atoms with Crippen LogP contribution >= 0.6 is 0 Å². The van der Waals surface area contributed by atoms with Crippen molar-refractivity contribution in [2.75, 3.05) is 6.61 Å². The molecule has 90 valence electrons. The molecule has 2 rings (SSSR count). The number of fused-ring (bicyclic) bond motifs is 2. The standard InChI is InChI=1S/C13H20O3/c1-13(2,3)16-12(14)15-8-11-7-9-4-5-10(11)6-9/h4-5,9-11H,6-8H2,1-3H3. The Morgan fingerprint density at radius 1 is 1.31 bits per heavy atom. The summed E-state index contributed by atoms with van der Waals surface area (Å²) < 4.78 is 10.3. The van der Waals surface area contributed by atoms with Crippen LogP contribution in [0.1, 0.15) is 33.6 Å². The van der Waals surface area contributed by atoms with Gasteiger partial charge in [0.25, 0.3) is 0 Å². The lowest BCUT2D eigenvalue weighted by molar-refractivity contribution is -0.0145. The largest absolute Gasteiger partial charge is 0.508 e. The van der Waals surface area contributed by atoms with Crippen LogP contribution in [-0.2, 0) is 9.47 Å². The average molecular weight is 224 g/mol. The summed E-state index contributed by atoms with van der Waals surface area (Å²) in [6.45, 7) is 6.03. The molecule has 0 heterocycles. The zero-order valence-corrected chi connectivity index (χ0v) is 10.2. The molecule has 2 bridgehead atoms. The minimum atomic E-state index is -0.542. The molecule has 3 unspecified atom stereocenters. The summed E-state index contributed by atoms with van der Waals surface area (Å²) in [5, 5.41) is 0. The molecule has 0 radical (unpaired) electrons. The second-order valence-electron chi connectivity index (χ2n) is 5.82. The van der Waals surface area contributed by atoms with E-state index >= 15 is 0 Å². The van der Waals surface area contributed by atoms with Gasteiger partial charge in [0.2, 0.25) is 0 Å². The van der Waals surface area contributed by atoms with Crippen molar-refractivity contribution in [3.63, 3.8) is 0 Å². The Balaban J connectivity index is 1.72. The molecule has 2 aliphatic carbocycles. The fourth-order valence-electron chi connectivity index (χ4n) is 2.54. The molecule has 1 saturated carbocycles. The molecule has 0 aromatic carbocycles. The summed E-state index contributed by atoms with van der Waals surface area (Å²) in [5.74, 6) is 1.84. The molecule has 0 aromatic heterocycles. The van der Waals surface area contributed by atoms with E-state index in [9.17, 15) is 4.79 Å². The first kappa shape index (κ1) is 11.5. The third-order valence-corrected chi connectivity index (χ3v) is 3.22. The van der Waals surface area contributed by atoms with E-state index in [0.29, 0.717) is 18.4 Å². The molecule has 0 saturated heterocycles. The minimum Gasteiger partial charge on any atom is -0.434 e. The van der Waals surface area contributed by atoms with Gasteiger partial charge >= 0.3 is 6.16 Å². The van der Waals surface area contributed by atoms with Crippen molar-refractivity contribution in [2.24, 2.45) is 17.8 Å². The van der Waals surface area contributed by atoms with Crippen LogP contribution in [-0.4, -0.2) is 18.4 Å². The van der Waals surface area contributed by atoms with Crippen LogP contribution in [0.3, 0.4) is 0 Å². The molecule has 0 amide bonds. The highest BCUT2D eigenvalue weighted by Crippen LogP contribution is 2.43. The van der Waals surface area contributed by atoms with Crippen LogP contribution in [0, 0.1) is 17.8 Å². The third kappa shape index (κ3) is 2.77. The monoisotopic (exact) mass is 224 g/mol. The zero-order valence-electron chi connectivity index (χ0n) is 10.2. The van der Waals surface area contributed by atoms with Gasteiger partial charge < -0.3 is 9.47 Å². The smallest absolute Gasteiger partial charge is 0.434 e. The van der Waals surface area contributed by atoms with Crippen LogP contribution in [0.5, 0.6) is 0 Å². The van der Waals surface area contributed by atoms with Crippen molar-refractivity contribution in [1.82, 2.24) is 0 Å². The van der Waals surface area contributed by atoms with Gasteiger partial charge in [0, 0.05) is 5.92 Å². The number of carbonyl (C=O) groups is 1. The summed E-state index contributed by atoms with van der Waals surface area (Å²) in [6, 6.07) is 0. The molecule has 2 aliphatic rings. The van der Waals surface area contributed by atoms with Crippen LogP contribution in [0.25, 0.3) is 0 Å². The molecule has 1 fully saturated rings. The maximum atomic E-state index is 11.4. The molecular formula is C13H20O3. The Morgan fingerprint density at radius 3 is 2.56 bits per heavy atom. The van der Waals surface area contributed by atoms with E-state index in [-0.39, 0.29) is 0 Å². The van der Waals surface area contributed by atoms with Gasteiger partial charge in [-0.3, -0.25) is 0 Å². The molecule has 0 aliphatic heterocycles. The number of carbonyl (C=O) groups excluding carboxylic acids is 1. The minimum absolute atomic E-state index is 0.467. The number of ether oxygens (including phenoxy) is 2. The normalized spacial score (nSPS) is 31.8. The predicted molar refractivity (Wildman–Crippen MR) is 61.0 cm³/mol. The summed E-state index contributed by atoms with van der Waals surface area (Å²) in [6.07, 6.45) is 6.40. The summed E-state index contributed by atoms with van der Waals surface area (Å²) in [4.78, 5) is 11.4. The van der Waals surface area contributed by atoms with E-state index in [4.69, 9.17) is 9.47 Å². The molecular weight excluding hydrogens is 204 g/mol. The third-order valence-electron chi connectivity index (χ3n) is 3.22. The lowest BCUT2D eigenvalue weighted by atomic mass is 9.95. The van der Waals surface area contributed by atoms with Gasteiger partial charge in [-0.15, -0.1) is 0 Å². The Morgan fingerprint density at radius 2 is 2.06 bits per heavy atom. The SMILES string of the molecule is CC(C)(C)OC(=O)OCC1CC2C=CC1C2. The number of hydrogen-bond donors (Lipinski definition) is 0. The number of hydrogen-bond acceptors (Lipinski definition) is 3. The Labute approximate surface area is 96.8 Å². The van der Waals surface area contributed by atoms with E-state index in [1.54, 1.807) is 0 Å². The lowest BCUT2D eigenvalue weighted by Gasteiger charge is -2.21. The quantitative estimate of drug-likeness (QED) is 0.534. The van der Waals surface area contributed by atoms with Gasteiger partial charge in [0.15, 0.2) is 0 Å². The van der Waals surface area contributed by atoms with E-state index in [1.165, 1.54) is 6.42 Å². The molecule has 3 atom stereocenters. The van der Waals surface area contributed by atoms with Crippen molar-refractivity contribution >= 4 is 6.16 Å². The first-order chi connectivity index (χ1) is 7.44. The Hall–Kier alpha value is -0.990. The fraction of sp³-hybridized carbons (Fsp3) is 0.769. The highest BCUT2D eigenvalue weighted by atomic mass is 16.7. The van der Waals surface area contributed by atoms with Crippen molar-refractivity contribution in [2.45, 2.75) is 39.2 Å². The second-order valence-corrected chi connectivity index (χ2v) is 5.82. The summed E-state index contributed by atoms with van der Waals surface area (Å²) >= 11 is 0. The van der Waals surface area contributed by atoms with Gasteiger partial charge in [-0.25, -0.2) is 4.79 Å². The second kappa shape index (κ2) is 4.11. The predicted octanol–water partition coefficient (Wildman–Crippen LogP) is 3.15. The molecule has 3 nitrogen and oxygen atoms in total. The van der Waals surface area contributed by atoms with Gasteiger partial charge in [-0.2, -0.15) is 0 Å². The summed E-state index contributed by atoms with van der Waals surface area (Å²) in [7, 11) is 0. The molecule has 0 aromatic rings. The maximum Gasteiger partial charge on any atom is 0.508 e. The average Bonchev–Trinajstić information content (AvgIpc) is 2.72. The van der Waals surface area contributed by atoms with Crippen molar-refractivity contribution in [3.05, 3.63) is 12.2 Å². The van der Waals surface area contributed by atoms with E-state index in [2.05, 4.69) is 12.2 Å². The Bertz CT molecular complexity index is 301. The van der Waals surface area contributed by atoms with Crippen LogP contribution in [0.2, 0.25) is 0 Å². The Kier molecular flexibility index (Phi) is 2.96. The molecule has 3 heteroatoms. The zero-order chi connectivity index (χ0) is 11.8. The highest BCUT2D eigenvalue weighted by Gasteiger charge is 2.36. The van der Waals surface area contributed by atoms with Crippen molar-refractivity contribution < 1.29 is 14.3 Å². The van der Waals surface area contributed by atoms with E-state index < -0.39 is 11.8 Å². The first-order valence-corrected chi connectivity index (χ1v) is 5.98. The molecule has 16 heavy (non-hydrogen) atoms. The topological polar surface area (TPSA) is 35.5 Å². The highest BCUT2D eigenvalue weighted by molar-refractivity contribution is 5.60. The fourth-order valence-corrected chi connectivity index (χ4v) is 2.54. The van der Waals surface area contributed by atoms with Crippen LogP contribution in [0.15, 0.2) is 12.2 Å². The van der Waals surface area contributed by atoms with Crippen LogP contribution < -0.4 is 0 Å². The maximum absolute atomic E-state index is 11.4. The van der Waals surface area contributed by atoms with Gasteiger partial charge in [0.1, 0.15) is 5.60 Å². The van der Waals surface area contributed by atoms with E-state index in [1.807, 2.05) is 20.8 Å². The van der Waals surface area contributed by atoms with Crippen molar-refractivity contribution in [3.8, 4) is 0 Å². The van der Waals surface area contributed by atoms with E-state index in [0.717, 1.165) is 12.3 Å². The number of allylic oxidation sites excluding steroid dienone is 2. The first-order valence-electron chi connectivity index (χ1n) is 5.98.